The van der Waals surface area contributed by atoms with Gasteiger partial charge in [0.2, 0.25) is 5.91 Å². The molecule has 2 saturated carbocycles. The van der Waals surface area contributed by atoms with Crippen LogP contribution in [0.3, 0.4) is 0 Å². The molecule has 22 heavy (non-hydrogen) atoms. The van der Waals surface area contributed by atoms with Crippen molar-refractivity contribution in [2.75, 3.05) is 0 Å². The Morgan fingerprint density at radius 1 is 1.14 bits per heavy atom. The number of nitrogens with one attached hydrogen (secondary N) is 1. The summed E-state index contributed by atoms with van der Waals surface area (Å²) >= 11 is 5.94. The van der Waals surface area contributed by atoms with E-state index in [4.69, 9.17) is 16.7 Å². The van der Waals surface area contributed by atoms with Gasteiger partial charge in [-0.2, -0.15) is 0 Å². The fourth-order valence-corrected chi connectivity index (χ4v) is 3.69. The molecule has 0 aromatic heterocycles. The summed E-state index contributed by atoms with van der Waals surface area (Å²) in [5, 5.41) is 12.9. The van der Waals surface area contributed by atoms with Crippen molar-refractivity contribution in [1.29, 1.82) is 0 Å². The number of carbonyl (C=O) groups excluding carboxylic acids is 1. The molecule has 0 radical (unpaired) electrons. The fraction of sp³-hybridized carbons (Fsp3) is 0.529. The zero-order valence-corrected chi connectivity index (χ0v) is 13.1. The zero-order valence-electron chi connectivity index (χ0n) is 12.3. The predicted molar refractivity (Wildman–Crippen MR) is 83.6 cm³/mol. The van der Waals surface area contributed by atoms with Crippen molar-refractivity contribution in [2.24, 2.45) is 11.8 Å². The van der Waals surface area contributed by atoms with Crippen molar-refractivity contribution in [3.8, 4) is 0 Å². The number of halogens is 1. The molecule has 2 atom stereocenters. The number of carboxylic acid groups (broad SMARTS) is 1. The van der Waals surface area contributed by atoms with E-state index in [0.717, 1.165) is 24.8 Å². The van der Waals surface area contributed by atoms with Crippen LogP contribution in [0.5, 0.6) is 0 Å². The smallest absolute Gasteiger partial charge is 0.306 e. The lowest BCUT2D eigenvalue weighted by Gasteiger charge is -2.43. The molecule has 0 unspecified atom stereocenters. The second-order valence-corrected chi connectivity index (χ2v) is 6.91. The van der Waals surface area contributed by atoms with Crippen LogP contribution < -0.4 is 5.32 Å². The summed E-state index contributed by atoms with van der Waals surface area (Å²) in [5.74, 6) is -1.33. The second-order valence-electron chi connectivity index (χ2n) is 6.48. The van der Waals surface area contributed by atoms with E-state index in [0.29, 0.717) is 24.3 Å². The van der Waals surface area contributed by atoms with Crippen LogP contribution in [-0.2, 0) is 15.1 Å². The van der Waals surface area contributed by atoms with Gasteiger partial charge in [-0.25, -0.2) is 0 Å². The van der Waals surface area contributed by atoms with Gasteiger partial charge in [0.05, 0.1) is 11.5 Å². The molecular weight excluding hydrogens is 302 g/mol. The van der Waals surface area contributed by atoms with Gasteiger partial charge in [-0.3, -0.25) is 9.59 Å². The van der Waals surface area contributed by atoms with Crippen LogP contribution in [0.15, 0.2) is 24.3 Å². The molecule has 2 fully saturated rings. The van der Waals surface area contributed by atoms with Gasteiger partial charge in [0.25, 0.3) is 0 Å². The van der Waals surface area contributed by atoms with Crippen LogP contribution >= 0.6 is 11.6 Å². The Morgan fingerprint density at radius 2 is 1.77 bits per heavy atom. The Balaban J connectivity index is 1.69. The number of carboxylic acids is 1. The van der Waals surface area contributed by atoms with Gasteiger partial charge in [0.1, 0.15) is 0 Å². The Kier molecular flexibility index (Phi) is 4.13. The highest BCUT2D eigenvalue weighted by Gasteiger charge is 2.42. The van der Waals surface area contributed by atoms with E-state index in [1.165, 1.54) is 0 Å². The first-order valence-electron chi connectivity index (χ1n) is 7.81. The van der Waals surface area contributed by atoms with E-state index in [2.05, 4.69) is 5.32 Å². The van der Waals surface area contributed by atoms with Gasteiger partial charge in [-0.05, 0) is 56.2 Å². The molecule has 0 spiro atoms. The number of hydrogen-bond donors (Lipinski definition) is 2. The number of amides is 1. The fourth-order valence-electron chi connectivity index (χ4n) is 3.57. The minimum Gasteiger partial charge on any atom is -0.481 e. The van der Waals surface area contributed by atoms with Crippen molar-refractivity contribution in [2.45, 2.75) is 44.1 Å². The van der Waals surface area contributed by atoms with Crippen molar-refractivity contribution in [3.05, 3.63) is 34.9 Å². The first-order valence-corrected chi connectivity index (χ1v) is 8.19. The number of rotatable bonds is 4. The van der Waals surface area contributed by atoms with Crippen molar-refractivity contribution in [1.82, 2.24) is 5.32 Å². The summed E-state index contributed by atoms with van der Waals surface area (Å²) in [4.78, 5) is 23.6. The van der Waals surface area contributed by atoms with E-state index in [1.54, 1.807) is 0 Å². The van der Waals surface area contributed by atoms with Gasteiger partial charge < -0.3 is 10.4 Å². The molecular formula is C17H20ClNO3. The minimum absolute atomic E-state index is 0.00148. The standard InChI is InChI=1S/C17H20ClNO3/c18-14-6-4-13(5-7-14)17(8-1-9-17)19-15(20)11-2-3-12(10-11)16(21)22/h4-7,11-12H,1-3,8-10H2,(H,19,20)(H,21,22)/t11-,12+/m0/s1. The lowest BCUT2D eigenvalue weighted by atomic mass is 9.71. The molecule has 2 aliphatic rings. The average molecular weight is 322 g/mol. The molecule has 1 aromatic carbocycles. The number of aliphatic carboxylic acids is 1. The Hall–Kier alpha value is -1.55. The topological polar surface area (TPSA) is 66.4 Å². The van der Waals surface area contributed by atoms with Gasteiger partial charge >= 0.3 is 5.97 Å². The van der Waals surface area contributed by atoms with Crippen LogP contribution in [0.25, 0.3) is 0 Å². The quantitative estimate of drug-likeness (QED) is 0.893. The van der Waals surface area contributed by atoms with Crippen LogP contribution in [0.1, 0.15) is 44.1 Å². The van der Waals surface area contributed by atoms with Crippen LogP contribution in [0, 0.1) is 11.8 Å². The maximum Gasteiger partial charge on any atom is 0.306 e. The summed E-state index contributed by atoms with van der Waals surface area (Å²) < 4.78 is 0. The molecule has 0 bridgehead atoms. The summed E-state index contributed by atoms with van der Waals surface area (Å²) in [6.45, 7) is 0. The van der Waals surface area contributed by atoms with Gasteiger partial charge in [0.15, 0.2) is 0 Å². The van der Waals surface area contributed by atoms with Crippen LogP contribution in [-0.4, -0.2) is 17.0 Å². The molecule has 0 heterocycles. The molecule has 3 rings (SSSR count). The highest BCUT2D eigenvalue weighted by Crippen LogP contribution is 2.42. The largest absolute Gasteiger partial charge is 0.481 e. The third kappa shape index (κ3) is 2.84. The van der Waals surface area contributed by atoms with E-state index < -0.39 is 5.97 Å². The summed E-state index contributed by atoms with van der Waals surface area (Å²) in [6, 6.07) is 7.63. The first-order chi connectivity index (χ1) is 10.5. The second kappa shape index (κ2) is 5.92. The Bertz CT molecular complexity index is 580. The van der Waals surface area contributed by atoms with Gasteiger partial charge in [-0.15, -0.1) is 0 Å². The Labute approximate surface area is 134 Å². The molecule has 2 aliphatic carbocycles. The minimum atomic E-state index is -0.786. The summed E-state index contributed by atoms with van der Waals surface area (Å²) in [7, 11) is 0. The van der Waals surface area contributed by atoms with Crippen LogP contribution in [0.4, 0.5) is 0 Å². The Morgan fingerprint density at radius 3 is 2.27 bits per heavy atom. The molecule has 4 nitrogen and oxygen atoms in total. The maximum atomic E-state index is 12.5. The average Bonchev–Trinajstić information content (AvgIpc) is 2.94. The number of benzene rings is 1. The molecule has 0 aliphatic heterocycles. The summed E-state index contributed by atoms with van der Waals surface area (Å²) in [6.07, 6.45) is 4.66. The predicted octanol–water partition coefficient (Wildman–Crippen LogP) is 3.34. The van der Waals surface area contributed by atoms with E-state index in [1.807, 2.05) is 24.3 Å². The molecule has 118 valence electrons. The highest BCUT2D eigenvalue weighted by molar-refractivity contribution is 6.30. The van der Waals surface area contributed by atoms with Crippen molar-refractivity contribution >= 4 is 23.5 Å². The van der Waals surface area contributed by atoms with Crippen molar-refractivity contribution in [3.63, 3.8) is 0 Å². The van der Waals surface area contributed by atoms with Crippen LogP contribution in [0.2, 0.25) is 5.02 Å². The zero-order chi connectivity index (χ0) is 15.7. The lowest BCUT2D eigenvalue weighted by Crippen LogP contribution is -2.52. The third-order valence-electron chi connectivity index (χ3n) is 5.12. The lowest BCUT2D eigenvalue weighted by molar-refractivity contribution is -0.141. The molecule has 0 saturated heterocycles. The highest BCUT2D eigenvalue weighted by atomic mass is 35.5. The van der Waals surface area contributed by atoms with Crippen molar-refractivity contribution < 1.29 is 14.7 Å². The normalized spacial score (nSPS) is 26.2. The van der Waals surface area contributed by atoms with E-state index >= 15 is 0 Å². The molecule has 5 heteroatoms. The van der Waals surface area contributed by atoms with E-state index in [9.17, 15) is 9.59 Å². The number of carbonyl (C=O) groups is 2. The van der Waals surface area contributed by atoms with Gasteiger partial charge in [0, 0.05) is 10.9 Å². The first kappa shape index (κ1) is 15.3. The maximum absolute atomic E-state index is 12.5. The van der Waals surface area contributed by atoms with Gasteiger partial charge in [-0.1, -0.05) is 23.7 Å². The SMILES string of the molecule is O=C(O)[C@@H]1CC[C@H](C(=O)NC2(c3ccc(Cl)cc3)CCC2)C1. The molecule has 1 amide bonds. The monoisotopic (exact) mass is 321 g/mol. The summed E-state index contributed by atoms with van der Waals surface area (Å²) in [5.41, 5.74) is 0.799. The molecule has 2 N–H and O–H groups in total. The van der Waals surface area contributed by atoms with E-state index in [-0.39, 0.29) is 23.3 Å². The third-order valence-corrected chi connectivity index (χ3v) is 5.37. The number of hydrogen-bond acceptors (Lipinski definition) is 2. The molecule has 1 aromatic rings.